The Morgan fingerprint density at radius 2 is 1.79 bits per heavy atom. The molecule has 42 heavy (non-hydrogen) atoms. The van der Waals surface area contributed by atoms with Gasteiger partial charge in [-0.05, 0) is 68.5 Å². The number of carbonyl (C=O) groups is 2. The van der Waals surface area contributed by atoms with Crippen LogP contribution >= 0.6 is 0 Å². The lowest BCUT2D eigenvalue weighted by Crippen LogP contribution is -2.50. The predicted octanol–water partition coefficient (Wildman–Crippen LogP) is 3.30. The second-order valence-corrected chi connectivity index (χ2v) is 17.0. The minimum atomic E-state index is -1.88. The average Bonchev–Trinajstić information content (AvgIpc) is 3.92. The number of rotatable bonds is 13. The van der Waals surface area contributed by atoms with E-state index in [9.17, 15) is 14.4 Å². The van der Waals surface area contributed by atoms with E-state index in [0.29, 0.717) is 23.1 Å². The molecule has 2 amide bonds. The van der Waals surface area contributed by atoms with Gasteiger partial charge in [-0.2, -0.15) is 9.49 Å². The van der Waals surface area contributed by atoms with Crippen molar-refractivity contribution in [2.24, 2.45) is 17.8 Å². The standard InChI is InChI=1S/C28H39FN8O4Si/c1-6-42(7-2,8-3)21-13-19(26(38)33-32-21)16(5)37-14-20(25(29)34-37)30-28(40)24(22(17-9-10-17)18-11-12-18)31-27(39)23-15(4)35-41-36-23/h13-14,16-18,22,24H,6-12H2,1-5H3,(H,30,40)(H,31,39)(H,33,38)/t16-,24+/m1/s1. The van der Waals surface area contributed by atoms with Gasteiger partial charge < -0.3 is 10.6 Å². The van der Waals surface area contributed by atoms with Crippen LogP contribution in [0.3, 0.4) is 0 Å². The maximum Gasteiger partial charge on any atom is 0.276 e. The Morgan fingerprint density at radius 3 is 2.33 bits per heavy atom. The van der Waals surface area contributed by atoms with Crippen molar-refractivity contribution in [1.82, 2.24) is 35.6 Å². The summed E-state index contributed by atoms with van der Waals surface area (Å²) in [5.74, 6) is -1.41. The minimum absolute atomic E-state index is 0.00853. The highest BCUT2D eigenvalue weighted by Crippen LogP contribution is 2.51. The summed E-state index contributed by atoms with van der Waals surface area (Å²) in [6.07, 6.45) is 5.31. The largest absolute Gasteiger partial charge is 0.338 e. The van der Waals surface area contributed by atoms with Crippen molar-refractivity contribution in [2.75, 3.05) is 5.32 Å². The Hall–Kier alpha value is -3.68. The van der Waals surface area contributed by atoms with Crippen molar-refractivity contribution in [3.05, 3.63) is 45.5 Å². The van der Waals surface area contributed by atoms with Crippen molar-refractivity contribution in [1.29, 1.82) is 0 Å². The first-order chi connectivity index (χ1) is 20.1. The van der Waals surface area contributed by atoms with E-state index in [4.69, 9.17) is 0 Å². The van der Waals surface area contributed by atoms with Crippen molar-refractivity contribution in [3.8, 4) is 0 Å². The molecule has 0 unspecified atom stereocenters. The predicted molar refractivity (Wildman–Crippen MR) is 156 cm³/mol. The molecule has 5 rings (SSSR count). The zero-order valence-electron chi connectivity index (χ0n) is 24.7. The molecule has 3 heterocycles. The van der Waals surface area contributed by atoms with Gasteiger partial charge in [0.1, 0.15) is 25.5 Å². The SMILES string of the molecule is CC[Si](CC)(CC)c1cc([C@@H](C)n2cc(NC(=O)[C@@H](NC(=O)c3nonc3C)C(C3CC3)C3CC3)c(F)n2)c(=O)[nH]n1. The van der Waals surface area contributed by atoms with E-state index >= 15 is 4.39 Å². The monoisotopic (exact) mass is 598 g/mol. The van der Waals surface area contributed by atoms with Crippen LogP contribution in [0, 0.1) is 30.6 Å². The van der Waals surface area contributed by atoms with Crippen molar-refractivity contribution in [3.63, 3.8) is 0 Å². The zero-order valence-corrected chi connectivity index (χ0v) is 25.7. The van der Waals surface area contributed by atoms with E-state index in [1.807, 2.05) is 6.07 Å². The first-order valence-electron chi connectivity index (χ1n) is 14.9. The van der Waals surface area contributed by atoms with Crippen LogP contribution in [-0.4, -0.2) is 56.2 Å². The summed E-state index contributed by atoms with van der Waals surface area (Å²) in [5, 5.41) is 24.8. The summed E-state index contributed by atoms with van der Waals surface area (Å²) in [4.78, 5) is 39.5. The molecule has 0 radical (unpaired) electrons. The third kappa shape index (κ3) is 5.81. The van der Waals surface area contributed by atoms with Crippen molar-refractivity contribution in [2.45, 2.75) is 90.5 Å². The van der Waals surface area contributed by atoms with Crippen LogP contribution in [0.4, 0.5) is 10.1 Å². The van der Waals surface area contributed by atoms with E-state index in [2.05, 4.69) is 61.6 Å². The number of halogens is 1. The number of hydrogen-bond donors (Lipinski definition) is 3. The van der Waals surface area contributed by atoms with Crippen LogP contribution in [0.25, 0.3) is 0 Å². The normalized spacial score (nSPS) is 16.8. The van der Waals surface area contributed by atoms with Crippen LogP contribution in [0.2, 0.25) is 18.1 Å². The first-order valence-corrected chi connectivity index (χ1v) is 17.5. The molecule has 0 spiro atoms. The second-order valence-electron chi connectivity index (χ2n) is 11.8. The summed E-state index contributed by atoms with van der Waals surface area (Å²) < 4.78 is 21.2. The Balaban J connectivity index is 1.39. The average molecular weight is 599 g/mol. The number of nitrogens with zero attached hydrogens (tertiary/aromatic N) is 5. The molecule has 226 valence electrons. The number of nitrogens with one attached hydrogen (secondary N) is 3. The molecule has 0 saturated heterocycles. The van der Waals surface area contributed by atoms with E-state index in [1.54, 1.807) is 13.8 Å². The van der Waals surface area contributed by atoms with E-state index in [0.717, 1.165) is 49.1 Å². The Kier molecular flexibility index (Phi) is 8.44. The van der Waals surface area contributed by atoms with E-state index in [1.165, 1.54) is 10.9 Å². The molecule has 3 N–H and O–H groups in total. The molecule has 0 aliphatic heterocycles. The van der Waals surface area contributed by atoms with Crippen molar-refractivity contribution < 1.29 is 18.6 Å². The van der Waals surface area contributed by atoms with Crippen LogP contribution in [0.15, 0.2) is 21.7 Å². The molecule has 0 aromatic carbocycles. The number of hydrogen-bond acceptors (Lipinski definition) is 8. The van der Waals surface area contributed by atoms with Gasteiger partial charge in [0.05, 0.1) is 12.2 Å². The molecule has 2 aliphatic carbocycles. The zero-order chi connectivity index (χ0) is 30.2. The van der Waals surface area contributed by atoms with Gasteiger partial charge >= 0.3 is 0 Å². The maximum absolute atomic E-state index is 15.2. The van der Waals surface area contributed by atoms with Gasteiger partial charge in [-0.3, -0.25) is 19.1 Å². The highest BCUT2D eigenvalue weighted by atomic mass is 28.3. The Labute approximate surface area is 244 Å². The molecule has 2 saturated carbocycles. The highest BCUT2D eigenvalue weighted by molar-refractivity contribution is 6.91. The number of H-pyrrole nitrogens is 1. The lowest BCUT2D eigenvalue weighted by molar-refractivity contribution is -0.119. The Bertz CT molecular complexity index is 1490. The van der Waals surface area contributed by atoms with Gasteiger partial charge in [0.25, 0.3) is 17.4 Å². The lowest BCUT2D eigenvalue weighted by Gasteiger charge is -2.27. The van der Waals surface area contributed by atoms with Gasteiger partial charge in [0.15, 0.2) is 5.69 Å². The minimum Gasteiger partial charge on any atom is -0.338 e. The topological polar surface area (TPSA) is 161 Å². The first kappa shape index (κ1) is 29.8. The smallest absolute Gasteiger partial charge is 0.276 e. The van der Waals surface area contributed by atoms with Gasteiger partial charge in [-0.1, -0.05) is 44.1 Å². The number of aromatic amines is 1. The molecule has 3 aromatic heterocycles. The van der Waals surface area contributed by atoms with Crippen LogP contribution < -0.4 is 21.5 Å². The molecule has 2 fully saturated rings. The van der Waals surface area contributed by atoms with Crippen molar-refractivity contribution >= 4 is 30.9 Å². The number of aryl methyl sites for hydroxylation is 1. The fraction of sp³-hybridized carbons (Fsp3) is 0.607. The summed E-state index contributed by atoms with van der Waals surface area (Å²) in [7, 11) is -1.88. The fourth-order valence-corrected chi connectivity index (χ4v) is 9.52. The van der Waals surface area contributed by atoms with E-state index < -0.39 is 37.9 Å². The van der Waals surface area contributed by atoms with Crippen LogP contribution in [-0.2, 0) is 4.79 Å². The summed E-state index contributed by atoms with van der Waals surface area (Å²) in [6, 6.07) is 3.31. The third-order valence-corrected chi connectivity index (χ3v) is 14.8. The molecule has 12 nitrogen and oxygen atoms in total. The molecule has 2 aliphatic rings. The summed E-state index contributed by atoms with van der Waals surface area (Å²) in [6.45, 7) is 9.82. The molecule has 0 bridgehead atoms. The van der Waals surface area contributed by atoms with Gasteiger partial charge in [-0.15, -0.1) is 5.10 Å². The molecule has 2 atom stereocenters. The quantitative estimate of drug-likeness (QED) is 0.253. The number of amides is 2. The number of anilines is 1. The molecular weight excluding hydrogens is 559 g/mol. The molecule has 14 heteroatoms. The lowest BCUT2D eigenvalue weighted by atomic mass is 9.88. The van der Waals surface area contributed by atoms with E-state index in [-0.39, 0.29) is 22.9 Å². The number of carbonyl (C=O) groups excluding carboxylic acids is 2. The van der Waals surface area contributed by atoms with Crippen LogP contribution in [0.5, 0.6) is 0 Å². The van der Waals surface area contributed by atoms with Gasteiger partial charge in [0, 0.05) is 10.9 Å². The second kappa shape index (κ2) is 11.9. The van der Waals surface area contributed by atoms with Gasteiger partial charge in [-0.25, -0.2) is 9.73 Å². The third-order valence-electron chi connectivity index (χ3n) is 9.35. The van der Waals surface area contributed by atoms with Gasteiger partial charge in [0.2, 0.25) is 5.91 Å². The number of aromatic nitrogens is 6. The van der Waals surface area contributed by atoms with Crippen LogP contribution in [0.1, 0.15) is 81.2 Å². The summed E-state index contributed by atoms with van der Waals surface area (Å²) in [5.41, 5.74) is 0.260. The summed E-state index contributed by atoms with van der Waals surface area (Å²) >= 11 is 0. The Morgan fingerprint density at radius 1 is 1.14 bits per heavy atom. The fourth-order valence-electron chi connectivity index (χ4n) is 6.18. The maximum atomic E-state index is 15.2. The molecular formula is C28H39FN8O4Si. The molecule has 3 aromatic rings. The highest BCUT2D eigenvalue weighted by Gasteiger charge is 2.48.